The zero-order valence-corrected chi connectivity index (χ0v) is 9.05. The van der Waals surface area contributed by atoms with Gasteiger partial charge in [-0.2, -0.15) is 26.3 Å². The van der Waals surface area contributed by atoms with Crippen molar-refractivity contribution in [2.75, 3.05) is 19.6 Å². The molecule has 2 atom stereocenters. The first kappa shape index (κ1) is 15.1. The maximum absolute atomic E-state index is 12.5. The van der Waals surface area contributed by atoms with Crippen molar-refractivity contribution in [1.82, 2.24) is 4.90 Å². The molecular formula is C9H11F6NO2. The highest BCUT2D eigenvalue weighted by Gasteiger charge is 2.52. The Morgan fingerprint density at radius 2 is 1.72 bits per heavy atom. The van der Waals surface area contributed by atoms with Crippen LogP contribution in [0, 0.1) is 11.8 Å². The van der Waals surface area contributed by atoms with Crippen molar-refractivity contribution < 1.29 is 36.2 Å². The lowest BCUT2D eigenvalue weighted by molar-refractivity contribution is -0.188. The van der Waals surface area contributed by atoms with Crippen LogP contribution in [0.3, 0.4) is 0 Å². The number of likely N-dealkylation sites (tertiary alicyclic amines) is 1. The van der Waals surface area contributed by atoms with Gasteiger partial charge < -0.3 is 10.0 Å². The minimum atomic E-state index is -4.71. The largest absolute Gasteiger partial charge is 0.481 e. The summed E-state index contributed by atoms with van der Waals surface area (Å²) >= 11 is 0. The second kappa shape index (κ2) is 4.94. The summed E-state index contributed by atoms with van der Waals surface area (Å²) in [5, 5.41) is 8.64. The summed E-state index contributed by atoms with van der Waals surface area (Å²) in [6, 6.07) is 0. The van der Waals surface area contributed by atoms with Gasteiger partial charge in [0, 0.05) is 19.6 Å². The van der Waals surface area contributed by atoms with E-state index in [-0.39, 0.29) is 0 Å². The van der Waals surface area contributed by atoms with E-state index in [0.717, 1.165) is 4.90 Å². The Morgan fingerprint density at radius 1 is 1.17 bits per heavy atom. The van der Waals surface area contributed by atoms with Crippen molar-refractivity contribution in [1.29, 1.82) is 0 Å². The molecule has 1 fully saturated rings. The van der Waals surface area contributed by atoms with Crippen LogP contribution < -0.4 is 0 Å². The van der Waals surface area contributed by atoms with E-state index in [1.54, 1.807) is 0 Å². The van der Waals surface area contributed by atoms with E-state index in [0.29, 0.717) is 0 Å². The second-order valence-electron chi connectivity index (χ2n) is 4.22. The molecule has 0 aromatic carbocycles. The number of nitrogens with zero attached hydrogens (tertiary/aromatic N) is 1. The summed E-state index contributed by atoms with van der Waals surface area (Å²) in [5.74, 6) is -5.44. The van der Waals surface area contributed by atoms with E-state index in [2.05, 4.69) is 0 Å². The van der Waals surface area contributed by atoms with Gasteiger partial charge in [0.15, 0.2) is 0 Å². The molecule has 1 N–H and O–H groups in total. The van der Waals surface area contributed by atoms with E-state index in [4.69, 9.17) is 5.11 Å². The molecule has 0 aromatic heterocycles. The summed E-state index contributed by atoms with van der Waals surface area (Å²) in [6.45, 7) is -1.81. The minimum absolute atomic E-state index is 0.504. The topological polar surface area (TPSA) is 40.5 Å². The molecule has 106 valence electrons. The lowest BCUT2D eigenvalue weighted by atomic mass is 9.96. The number of carboxylic acid groups (broad SMARTS) is 1. The molecule has 0 unspecified atom stereocenters. The van der Waals surface area contributed by atoms with Crippen LogP contribution in [0.25, 0.3) is 0 Å². The van der Waals surface area contributed by atoms with Gasteiger partial charge >= 0.3 is 18.3 Å². The van der Waals surface area contributed by atoms with E-state index in [9.17, 15) is 31.1 Å². The van der Waals surface area contributed by atoms with Crippen molar-refractivity contribution in [3.05, 3.63) is 0 Å². The Labute approximate surface area is 98.4 Å². The Morgan fingerprint density at radius 3 is 2.06 bits per heavy atom. The van der Waals surface area contributed by atoms with E-state index < -0.39 is 56.2 Å². The average Bonchev–Trinajstić information content (AvgIpc) is 2.56. The van der Waals surface area contributed by atoms with Gasteiger partial charge in [-0.1, -0.05) is 0 Å². The van der Waals surface area contributed by atoms with Crippen LogP contribution in [-0.4, -0.2) is 48.0 Å². The van der Waals surface area contributed by atoms with Crippen LogP contribution in [0.4, 0.5) is 26.3 Å². The summed E-state index contributed by atoms with van der Waals surface area (Å²) < 4.78 is 73.3. The number of aliphatic carboxylic acids is 1. The Kier molecular flexibility index (Phi) is 4.14. The van der Waals surface area contributed by atoms with Gasteiger partial charge in [0.05, 0.1) is 18.3 Å². The van der Waals surface area contributed by atoms with Crippen molar-refractivity contribution in [2.24, 2.45) is 11.8 Å². The molecule has 1 rings (SSSR count). The molecule has 0 amide bonds. The molecule has 0 spiro atoms. The quantitative estimate of drug-likeness (QED) is 0.805. The number of rotatable bonds is 3. The van der Waals surface area contributed by atoms with Gasteiger partial charge in [0.1, 0.15) is 0 Å². The molecule has 18 heavy (non-hydrogen) atoms. The number of alkyl halides is 6. The fraction of sp³-hybridized carbons (Fsp3) is 0.889. The zero-order chi connectivity index (χ0) is 14.1. The van der Waals surface area contributed by atoms with Crippen molar-refractivity contribution in [3.8, 4) is 0 Å². The van der Waals surface area contributed by atoms with Crippen molar-refractivity contribution in [2.45, 2.75) is 18.8 Å². The lowest BCUT2D eigenvalue weighted by Crippen LogP contribution is -2.33. The Balaban J connectivity index is 2.65. The SMILES string of the molecule is O=C(O)[C@@H]1CN(CCC(F)(F)F)C[C@H]1C(F)(F)F. The third-order valence-electron chi connectivity index (χ3n) is 2.84. The summed E-state index contributed by atoms with van der Waals surface area (Å²) in [6.07, 6.45) is -10.4. The highest BCUT2D eigenvalue weighted by molar-refractivity contribution is 5.71. The maximum atomic E-state index is 12.5. The number of hydrogen-bond acceptors (Lipinski definition) is 2. The summed E-state index contributed by atoms with van der Waals surface area (Å²) in [7, 11) is 0. The Bertz CT molecular complexity index is 313. The van der Waals surface area contributed by atoms with Gasteiger partial charge in [0.2, 0.25) is 0 Å². The normalized spacial score (nSPS) is 26.6. The molecule has 0 saturated carbocycles. The van der Waals surface area contributed by atoms with Gasteiger partial charge in [-0.05, 0) is 0 Å². The molecule has 0 radical (unpaired) electrons. The first-order valence-corrected chi connectivity index (χ1v) is 5.09. The predicted octanol–water partition coefficient (Wildman–Crippen LogP) is 2.13. The maximum Gasteiger partial charge on any atom is 0.393 e. The highest BCUT2D eigenvalue weighted by Crippen LogP contribution is 2.38. The van der Waals surface area contributed by atoms with Crippen LogP contribution in [0.15, 0.2) is 0 Å². The van der Waals surface area contributed by atoms with Crippen LogP contribution in [0.1, 0.15) is 6.42 Å². The van der Waals surface area contributed by atoms with Crippen LogP contribution in [0.5, 0.6) is 0 Å². The van der Waals surface area contributed by atoms with Gasteiger partial charge in [-0.15, -0.1) is 0 Å². The monoisotopic (exact) mass is 279 g/mol. The molecular weight excluding hydrogens is 268 g/mol. The van der Waals surface area contributed by atoms with Gasteiger partial charge in [-0.25, -0.2) is 0 Å². The van der Waals surface area contributed by atoms with Crippen LogP contribution >= 0.6 is 0 Å². The number of halogens is 6. The molecule has 1 heterocycles. The minimum Gasteiger partial charge on any atom is -0.481 e. The first-order chi connectivity index (χ1) is 8.00. The van der Waals surface area contributed by atoms with Gasteiger partial charge in [0.25, 0.3) is 0 Å². The van der Waals surface area contributed by atoms with Crippen molar-refractivity contribution in [3.63, 3.8) is 0 Å². The van der Waals surface area contributed by atoms with Crippen LogP contribution in [-0.2, 0) is 4.79 Å². The number of carbonyl (C=O) groups is 1. The molecule has 1 aliphatic rings. The third kappa shape index (κ3) is 4.04. The van der Waals surface area contributed by atoms with Crippen molar-refractivity contribution >= 4 is 5.97 Å². The molecule has 0 aromatic rings. The molecule has 0 bridgehead atoms. The molecule has 9 heteroatoms. The molecule has 0 aliphatic carbocycles. The molecule has 1 saturated heterocycles. The second-order valence-corrected chi connectivity index (χ2v) is 4.22. The van der Waals surface area contributed by atoms with E-state index >= 15 is 0 Å². The predicted molar refractivity (Wildman–Crippen MR) is 47.8 cm³/mol. The highest BCUT2D eigenvalue weighted by atomic mass is 19.4. The number of hydrogen-bond donors (Lipinski definition) is 1. The fourth-order valence-electron chi connectivity index (χ4n) is 1.93. The molecule has 1 aliphatic heterocycles. The smallest absolute Gasteiger partial charge is 0.393 e. The first-order valence-electron chi connectivity index (χ1n) is 5.09. The van der Waals surface area contributed by atoms with E-state index in [1.807, 2.05) is 0 Å². The Hall–Kier alpha value is -0.990. The summed E-state index contributed by atoms with van der Waals surface area (Å²) in [5.41, 5.74) is 0. The standard InChI is InChI=1S/C9H11F6NO2/c10-8(11,12)1-2-16-3-5(7(17)18)6(4-16)9(13,14)15/h5-6H,1-4H2,(H,17,18)/t5-,6-/m1/s1. The zero-order valence-electron chi connectivity index (χ0n) is 9.05. The number of carboxylic acids is 1. The fourth-order valence-corrected chi connectivity index (χ4v) is 1.93. The summed E-state index contributed by atoms with van der Waals surface area (Å²) in [4.78, 5) is 11.5. The molecule has 3 nitrogen and oxygen atoms in total. The van der Waals surface area contributed by atoms with Crippen LogP contribution in [0.2, 0.25) is 0 Å². The van der Waals surface area contributed by atoms with E-state index in [1.165, 1.54) is 0 Å². The van der Waals surface area contributed by atoms with Gasteiger partial charge in [-0.3, -0.25) is 4.79 Å². The third-order valence-corrected chi connectivity index (χ3v) is 2.84. The average molecular weight is 279 g/mol. The lowest BCUT2D eigenvalue weighted by Gasteiger charge is -2.18.